The van der Waals surface area contributed by atoms with Crippen molar-refractivity contribution in [3.05, 3.63) is 47.5 Å². The Hall–Kier alpha value is -2.58. The van der Waals surface area contributed by atoms with E-state index in [1.807, 2.05) is 6.92 Å². The Kier molecular flexibility index (Phi) is 6.45. The topological polar surface area (TPSA) is 93.7 Å². The molecular formula is C19H24N2O5S. The average Bonchev–Trinajstić information content (AvgIpc) is 2.60. The van der Waals surface area contributed by atoms with Gasteiger partial charge in [0.1, 0.15) is 11.5 Å². The van der Waals surface area contributed by atoms with Crippen LogP contribution in [0.2, 0.25) is 0 Å². The zero-order valence-corrected chi connectivity index (χ0v) is 16.8. The molecule has 0 aliphatic heterocycles. The standard InChI is InChI=1S/C19H24N2O5S/c1-12(2)21-27(23,24)15-7-9-18(26-5)16(11-15)20-19(22)14-6-8-17(25-4)13(3)10-14/h6-12,21H,1-5H3,(H,20,22). The summed E-state index contributed by atoms with van der Waals surface area (Å²) in [6.45, 7) is 5.30. The van der Waals surface area contributed by atoms with Gasteiger partial charge in [0.05, 0.1) is 24.8 Å². The molecule has 0 fully saturated rings. The van der Waals surface area contributed by atoms with E-state index in [4.69, 9.17) is 9.47 Å². The number of benzene rings is 2. The number of sulfonamides is 1. The van der Waals surface area contributed by atoms with Crippen molar-refractivity contribution in [3.63, 3.8) is 0 Å². The molecule has 7 nitrogen and oxygen atoms in total. The minimum atomic E-state index is -3.70. The summed E-state index contributed by atoms with van der Waals surface area (Å²) in [6, 6.07) is 9.08. The lowest BCUT2D eigenvalue weighted by Gasteiger charge is -2.14. The number of methoxy groups -OCH3 is 2. The number of hydrogen-bond acceptors (Lipinski definition) is 5. The smallest absolute Gasteiger partial charge is 0.255 e. The third-order valence-corrected chi connectivity index (χ3v) is 5.43. The molecule has 2 rings (SSSR count). The first kappa shape index (κ1) is 20.7. The molecule has 0 aliphatic rings. The second-order valence-electron chi connectivity index (χ2n) is 6.28. The van der Waals surface area contributed by atoms with Gasteiger partial charge in [-0.25, -0.2) is 13.1 Å². The number of ether oxygens (including phenoxy) is 2. The maximum Gasteiger partial charge on any atom is 0.255 e. The van der Waals surface area contributed by atoms with E-state index >= 15 is 0 Å². The van der Waals surface area contributed by atoms with Crippen LogP contribution in [0.15, 0.2) is 41.3 Å². The van der Waals surface area contributed by atoms with Crippen molar-refractivity contribution in [1.82, 2.24) is 4.72 Å². The van der Waals surface area contributed by atoms with Gasteiger partial charge in [-0.2, -0.15) is 0 Å². The Morgan fingerprint density at radius 2 is 1.63 bits per heavy atom. The van der Waals surface area contributed by atoms with E-state index in [9.17, 15) is 13.2 Å². The molecule has 0 saturated carbocycles. The number of hydrogen-bond donors (Lipinski definition) is 2. The summed E-state index contributed by atoms with van der Waals surface area (Å²) >= 11 is 0. The fourth-order valence-electron chi connectivity index (χ4n) is 2.54. The van der Waals surface area contributed by atoms with Gasteiger partial charge in [-0.15, -0.1) is 0 Å². The SMILES string of the molecule is COc1ccc(C(=O)Nc2cc(S(=O)(=O)NC(C)C)ccc2OC)cc1C. The highest BCUT2D eigenvalue weighted by Crippen LogP contribution is 2.28. The number of amides is 1. The molecule has 27 heavy (non-hydrogen) atoms. The van der Waals surface area contributed by atoms with E-state index < -0.39 is 10.0 Å². The average molecular weight is 392 g/mol. The van der Waals surface area contributed by atoms with Crippen LogP contribution in [-0.2, 0) is 10.0 Å². The third-order valence-electron chi connectivity index (χ3n) is 3.78. The van der Waals surface area contributed by atoms with Crippen LogP contribution in [0.25, 0.3) is 0 Å². The van der Waals surface area contributed by atoms with Gasteiger partial charge < -0.3 is 14.8 Å². The molecule has 0 bridgehead atoms. The van der Waals surface area contributed by atoms with Crippen LogP contribution in [-0.4, -0.2) is 34.6 Å². The lowest BCUT2D eigenvalue weighted by molar-refractivity contribution is 0.102. The molecule has 1 amide bonds. The lowest BCUT2D eigenvalue weighted by atomic mass is 10.1. The van der Waals surface area contributed by atoms with Crippen molar-refractivity contribution in [2.75, 3.05) is 19.5 Å². The fourth-order valence-corrected chi connectivity index (χ4v) is 3.82. The maximum absolute atomic E-state index is 12.6. The molecule has 0 spiro atoms. The Bertz CT molecular complexity index is 939. The normalized spacial score (nSPS) is 11.3. The molecule has 2 aromatic carbocycles. The third kappa shape index (κ3) is 4.99. The monoisotopic (exact) mass is 392 g/mol. The predicted molar refractivity (Wildman–Crippen MR) is 104 cm³/mol. The molecule has 0 radical (unpaired) electrons. The Morgan fingerprint density at radius 3 is 2.19 bits per heavy atom. The Labute approximate surface area is 159 Å². The molecular weight excluding hydrogens is 368 g/mol. The largest absolute Gasteiger partial charge is 0.496 e. The van der Waals surface area contributed by atoms with Crippen LogP contribution < -0.4 is 19.5 Å². The molecule has 146 valence electrons. The van der Waals surface area contributed by atoms with Crippen molar-refractivity contribution in [1.29, 1.82) is 0 Å². The number of nitrogens with one attached hydrogen (secondary N) is 2. The number of aryl methyl sites for hydroxylation is 1. The second-order valence-corrected chi connectivity index (χ2v) is 7.99. The van der Waals surface area contributed by atoms with Crippen molar-refractivity contribution < 1.29 is 22.7 Å². The van der Waals surface area contributed by atoms with Crippen molar-refractivity contribution >= 4 is 21.6 Å². The van der Waals surface area contributed by atoms with E-state index in [1.54, 1.807) is 39.2 Å². The maximum atomic E-state index is 12.6. The van der Waals surface area contributed by atoms with Crippen molar-refractivity contribution in [2.24, 2.45) is 0 Å². The van der Waals surface area contributed by atoms with Gasteiger partial charge in [0.25, 0.3) is 5.91 Å². The summed E-state index contributed by atoms with van der Waals surface area (Å²) in [6.07, 6.45) is 0. The van der Waals surface area contributed by atoms with Gasteiger partial charge in [-0.1, -0.05) is 0 Å². The number of rotatable bonds is 7. The number of carbonyl (C=O) groups is 1. The van der Waals surface area contributed by atoms with Crippen molar-refractivity contribution in [3.8, 4) is 11.5 Å². The molecule has 0 atom stereocenters. The zero-order valence-electron chi connectivity index (χ0n) is 16.0. The van der Waals surface area contributed by atoms with Crippen LogP contribution in [0.1, 0.15) is 29.8 Å². The molecule has 0 aromatic heterocycles. The van der Waals surface area contributed by atoms with Gasteiger partial charge in [-0.3, -0.25) is 4.79 Å². The summed E-state index contributed by atoms with van der Waals surface area (Å²) in [7, 11) is -0.689. The molecule has 2 aromatic rings. The van der Waals surface area contributed by atoms with E-state index in [0.717, 1.165) is 5.56 Å². The van der Waals surface area contributed by atoms with Crippen LogP contribution >= 0.6 is 0 Å². The summed E-state index contributed by atoms with van der Waals surface area (Å²) in [5.41, 5.74) is 1.50. The molecule has 8 heteroatoms. The minimum absolute atomic E-state index is 0.0400. The van der Waals surface area contributed by atoms with E-state index in [1.165, 1.54) is 25.3 Å². The Balaban J connectivity index is 2.35. The second kappa shape index (κ2) is 8.41. The summed E-state index contributed by atoms with van der Waals surface area (Å²) < 4.78 is 37.7. The Morgan fingerprint density at radius 1 is 1.00 bits per heavy atom. The highest BCUT2D eigenvalue weighted by molar-refractivity contribution is 7.89. The van der Waals surface area contributed by atoms with Gasteiger partial charge in [0, 0.05) is 11.6 Å². The lowest BCUT2D eigenvalue weighted by Crippen LogP contribution is -2.30. The van der Waals surface area contributed by atoms with E-state index in [2.05, 4.69) is 10.0 Å². The van der Waals surface area contributed by atoms with Crippen LogP contribution in [0.3, 0.4) is 0 Å². The first-order valence-electron chi connectivity index (χ1n) is 8.34. The van der Waals surface area contributed by atoms with Crippen LogP contribution in [0.5, 0.6) is 11.5 Å². The predicted octanol–water partition coefficient (Wildman–Crippen LogP) is 2.95. The van der Waals surface area contributed by atoms with Gasteiger partial charge in [-0.05, 0) is 62.7 Å². The van der Waals surface area contributed by atoms with Gasteiger partial charge in [0.15, 0.2) is 0 Å². The van der Waals surface area contributed by atoms with E-state index in [0.29, 0.717) is 17.1 Å². The molecule has 0 heterocycles. The number of anilines is 1. The zero-order chi connectivity index (χ0) is 20.2. The summed E-state index contributed by atoms with van der Waals surface area (Å²) in [5, 5.41) is 2.71. The summed E-state index contributed by atoms with van der Waals surface area (Å²) in [4.78, 5) is 12.6. The number of carbonyl (C=O) groups excluding carboxylic acids is 1. The molecule has 2 N–H and O–H groups in total. The molecule has 0 aliphatic carbocycles. The van der Waals surface area contributed by atoms with Gasteiger partial charge in [0.2, 0.25) is 10.0 Å². The first-order valence-corrected chi connectivity index (χ1v) is 9.82. The van der Waals surface area contributed by atoms with Crippen LogP contribution in [0.4, 0.5) is 5.69 Å². The fraction of sp³-hybridized carbons (Fsp3) is 0.316. The van der Waals surface area contributed by atoms with Crippen LogP contribution in [0, 0.1) is 6.92 Å². The highest BCUT2D eigenvalue weighted by Gasteiger charge is 2.19. The highest BCUT2D eigenvalue weighted by atomic mass is 32.2. The molecule has 0 saturated heterocycles. The minimum Gasteiger partial charge on any atom is -0.496 e. The van der Waals surface area contributed by atoms with Gasteiger partial charge >= 0.3 is 0 Å². The quantitative estimate of drug-likeness (QED) is 0.756. The van der Waals surface area contributed by atoms with E-state index in [-0.39, 0.29) is 22.5 Å². The first-order chi connectivity index (χ1) is 12.7. The summed E-state index contributed by atoms with van der Waals surface area (Å²) in [5.74, 6) is 0.652. The molecule has 0 unspecified atom stereocenters. The van der Waals surface area contributed by atoms with Crippen molar-refractivity contribution in [2.45, 2.75) is 31.7 Å².